The second kappa shape index (κ2) is 6.06. The van der Waals surface area contributed by atoms with Gasteiger partial charge in [-0.1, -0.05) is 24.3 Å². The summed E-state index contributed by atoms with van der Waals surface area (Å²) in [7, 11) is 0. The van der Waals surface area contributed by atoms with Crippen molar-refractivity contribution >= 4 is 16.7 Å². The van der Waals surface area contributed by atoms with E-state index in [0.29, 0.717) is 29.1 Å². The van der Waals surface area contributed by atoms with Gasteiger partial charge in [-0.05, 0) is 24.3 Å². The SMILES string of the molecule is N#Cc1ccccc1-c1cc2cn(Cc3ccccn3)nc2c(N)n1. The van der Waals surface area contributed by atoms with Crippen LogP contribution in [0.5, 0.6) is 0 Å². The second-order valence-corrected chi connectivity index (χ2v) is 5.64. The van der Waals surface area contributed by atoms with Gasteiger partial charge >= 0.3 is 0 Å². The summed E-state index contributed by atoms with van der Waals surface area (Å²) in [5.74, 6) is 0.347. The molecular weight excluding hydrogens is 312 g/mol. The standard InChI is InChI=1S/C19H14N6/c20-10-13-5-1-2-7-16(13)17-9-14-11-25(24-18(14)19(21)23-17)12-15-6-3-4-8-22-15/h1-9,11H,12H2,(H2,21,23). The Morgan fingerprint density at radius 3 is 2.76 bits per heavy atom. The fourth-order valence-electron chi connectivity index (χ4n) is 2.78. The maximum absolute atomic E-state index is 9.30. The highest BCUT2D eigenvalue weighted by Crippen LogP contribution is 2.27. The number of nitriles is 1. The van der Waals surface area contributed by atoms with Gasteiger partial charge in [0.25, 0.3) is 0 Å². The normalized spacial score (nSPS) is 10.7. The lowest BCUT2D eigenvalue weighted by molar-refractivity contribution is 0.681. The van der Waals surface area contributed by atoms with Gasteiger partial charge in [-0.2, -0.15) is 10.4 Å². The monoisotopic (exact) mass is 326 g/mol. The van der Waals surface area contributed by atoms with E-state index >= 15 is 0 Å². The molecule has 120 valence electrons. The molecule has 0 radical (unpaired) electrons. The van der Waals surface area contributed by atoms with Crippen LogP contribution in [-0.4, -0.2) is 19.7 Å². The Balaban J connectivity index is 1.79. The Labute approximate surface area is 144 Å². The number of fused-ring (bicyclic) bond motifs is 1. The molecule has 0 atom stereocenters. The first-order chi connectivity index (χ1) is 12.2. The highest BCUT2D eigenvalue weighted by Gasteiger charge is 2.12. The molecule has 6 heteroatoms. The Morgan fingerprint density at radius 2 is 1.96 bits per heavy atom. The molecule has 25 heavy (non-hydrogen) atoms. The van der Waals surface area contributed by atoms with Gasteiger partial charge in [-0.3, -0.25) is 9.67 Å². The average molecular weight is 326 g/mol. The number of hydrogen-bond donors (Lipinski definition) is 1. The van der Waals surface area contributed by atoms with Crippen molar-refractivity contribution in [2.75, 3.05) is 5.73 Å². The lowest BCUT2D eigenvalue weighted by atomic mass is 10.0. The summed E-state index contributed by atoms with van der Waals surface area (Å²) in [6, 6.07) is 17.2. The molecule has 4 aromatic rings. The van der Waals surface area contributed by atoms with E-state index in [-0.39, 0.29) is 0 Å². The van der Waals surface area contributed by atoms with Gasteiger partial charge in [-0.25, -0.2) is 4.98 Å². The van der Waals surface area contributed by atoms with Crippen LogP contribution in [0.3, 0.4) is 0 Å². The van der Waals surface area contributed by atoms with Gasteiger partial charge in [0.2, 0.25) is 0 Å². The van der Waals surface area contributed by atoms with E-state index in [0.717, 1.165) is 16.6 Å². The van der Waals surface area contributed by atoms with Crippen molar-refractivity contribution in [3.8, 4) is 17.3 Å². The first-order valence-corrected chi connectivity index (χ1v) is 7.77. The molecule has 0 saturated carbocycles. The molecule has 0 aliphatic heterocycles. The summed E-state index contributed by atoms with van der Waals surface area (Å²) in [5, 5.41) is 14.7. The molecule has 0 fully saturated rings. The summed E-state index contributed by atoms with van der Waals surface area (Å²) in [4.78, 5) is 8.75. The van der Waals surface area contributed by atoms with Crippen LogP contribution in [0, 0.1) is 11.3 Å². The zero-order chi connectivity index (χ0) is 17.2. The lowest BCUT2D eigenvalue weighted by Crippen LogP contribution is -2.02. The molecule has 1 aromatic carbocycles. The summed E-state index contributed by atoms with van der Waals surface area (Å²) < 4.78 is 1.80. The van der Waals surface area contributed by atoms with Crippen molar-refractivity contribution in [1.82, 2.24) is 19.7 Å². The van der Waals surface area contributed by atoms with E-state index in [1.807, 2.05) is 48.7 Å². The second-order valence-electron chi connectivity index (χ2n) is 5.64. The summed E-state index contributed by atoms with van der Waals surface area (Å²) >= 11 is 0. The number of aromatic nitrogens is 4. The number of pyridine rings is 2. The van der Waals surface area contributed by atoms with Crippen molar-refractivity contribution in [3.63, 3.8) is 0 Å². The minimum absolute atomic E-state index is 0.347. The Bertz CT molecular complexity index is 1090. The molecule has 0 bridgehead atoms. The number of benzene rings is 1. The molecule has 0 amide bonds. The van der Waals surface area contributed by atoms with Crippen LogP contribution < -0.4 is 5.73 Å². The number of hydrogen-bond acceptors (Lipinski definition) is 5. The Hall–Kier alpha value is -3.72. The number of rotatable bonds is 3. The fourth-order valence-corrected chi connectivity index (χ4v) is 2.78. The molecule has 2 N–H and O–H groups in total. The maximum atomic E-state index is 9.30. The average Bonchev–Trinajstić information content (AvgIpc) is 3.05. The topological polar surface area (TPSA) is 93.4 Å². The summed E-state index contributed by atoms with van der Waals surface area (Å²) in [5.41, 5.74) is 9.66. The maximum Gasteiger partial charge on any atom is 0.152 e. The molecule has 4 rings (SSSR count). The fraction of sp³-hybridized carbons (Fsp3) is 0.0526. The van der Waals surface area contributed by atoms with E-state index < -0.39 is 0 Å². The van der Waals surface area contributed by atoms with Crippen molar-refractivity contribution in [2.24, 2.45) is 0 Å². The summed E-state index contributed by atoms with van der Waals surface area (Å²) in [6.45, 7) is 0.555. The van der Waals surface area contributed by atoms with Crippen LogP contribution in [0.1, 0.15) is 11.3 Å². The largest absolute Gasteiger partial charge is 0.382 e. The minimum Gasteiger partial charge on any atom is -0.382 e. The van der Waals surface area contributed by atoms with Crippen LogP contribution in [0.4, 0.5) is 5.82 Å². The van der Waals surface area contributed by atoms with Gasteiger partial charge in [-0.15, -0.1) is 0 Å². The quantitative estimate of drug-likeness (QED) is 0.624. The van der Waals surface area contributed by atoms with Crippen LogP contribution in [0.2, 0.25) is 0 Å². The van der Waals surface area contributed by atoms with Gasteiger partial charge in [0, 0.05) is 23.3 Å². The molecule has 0 spiro atoms. The van der Waals surface area contributed by atoms with E-state index in [4.69, 9.17) is 5.73 Å². The molecule has 0 aliphatic carbocycles. The van der Waals surface area contributed by atoms with Gasteiger partial charge in [0.1, 0.15) is 5.52 Å². The van der Waals surface area contributed by atoms with Crippen LogP contribution in [0.15, 0.2) is 60.9 Å². The van der Waals surface area contributed by atoms with Crippen LogP contribution >= 0.6 is 0 Å². The van der Waals surface area contributed by atoms with Gasteiger partial charge in [0.05, 0.1) is 29.6 Å². The molecule has 0 aliphatic rings. The van der Waals surface area contributed by atoms with Crippen molar-refractivity contribution in [1.29, 1.82) is 5.26 Å². The molecule has 0 unspecified atom stereocenters. The van der Waals surface area contributed by atoms with Crippen LogP contribution in [-0.2, 0) is 6.54 Å². The third-order valence-corrected chi connectivity index (χ3v) is 3.94. The molecular formula is C19H14N6. The zero-order valence-corrected chi connectivity index (χ0v) is 13.3. The molecule has 0 saturated heterocycles. The molecule has 6 nitrogen and oxygen atoms in total. The summed E-state index contributed by atoms with van der Waals surface area (Å²) in [6.07, 6.45) is 3.67. The van der Waals surface area contributed by atoms with E-state index in [9.17, 15) is 5.26 Å². The third kappa shape index (κ3) is 2.79. The first kappa shape index (κ1) is 14.8. The molecule has 3 heterocycles. The smallest absolute Gasteiger partial charge is 0.152 e. The highest BCUT2D eigenvalue weighted by molar-refractivity contribution is 5.90. The zero-order valence-electron chi connectivity index (χ0n) is 13.3. The van der Waals surface area contributed by atoms with E-state index in [2.05, 4.69) is 21.1 Å². The molecule has 3 aromatic heterocycles. The van der Waals surface area contributed by atoms with Crippen molar-refractivity contribution < 1.29 is 0 Å². The Morgan fingerprint density at radius 1 is 1.12 bits per heavy atom. The number of nitrogens with two attached hydrogens (primary N) is 1. The van der Waals surface area contributed by atoms with Gasteiger partial charge in [0.15, 0.2) is 5.82 Å². The van der Waals surface area contributed by atoms with Crippen molar-refractivity contribution in [2.45, 2.75) is 6.54 Å². The highest BCUT2D eigenvalue weighted by atomic mass is 15.3. The van der Waals surface area contributed by atoms with E-state index in [1.54, 1.807) is 16.9 Å². The predicted molar refractivity (Wildman–Crippen MR) is 95.4 cm³/mol. The third-order valence-electron chi connectivity index (χ3n) is 3.94. The lowest BCUT2D eigenvalue weighted by Gasteiger charge is -2.04. The number of nitrogen functional groups attached to an aromatic ring is 1. The van der Waals surface area contributed by atoms with Crippen molar-refractivity contribution in [3.05, 3.63) is 72.2 Å². The number of nitrogens with zero attached hydrogens (tertiary/aromatic N) is 5. The first-order valence-electron chi connectivity index (χ1n) is 7.77. The van der Waals surface area contributed by atoms with Gasteiger partial charge < -0.3 is 5.73 Å². The minimum atomic E-state index is 0.347. The Kier molecular flexibility index (Phi) is 3.60. The number of anilines is 1. The van der Waals surface area contributed by atoms with E-state index in [1.165, 1.54) is 0 Å². The van der Waals surface area contributed by atoms with Crippen LogP contribution in [0.25, 0.3) is 22.2 Å². The predicted octanol–water partition coefficient (Wildman–Crippen LogP) is 3.00.